The number of carbonyl (C=O) groups is 1. The lowest BCUT2D eigenvalue weighted by molar-refractivity contribution is 0.0964. The second-order valence-electron chi connectivity index (χ2n) is 9.95. The minimum absolute atomic E-state index is 0.262. The first-order valence-electron chi connectivity index (χ1n) is 13.3. The number of halogens is 1. The van der Waals surface area contributed by atoms with Crippen molar-refractivity contribution < 1.29 is 17.8 Å². The van der Waals surface area contributed by atoms with E-state index in [0.717, 1.165) is 5.56 Å². The Hall–Kier alpha value is -5.16. The number of anilines is 1. The minimum Gasteiger partial charge on any atom is -0.455 e. The summed E-state index contributed by atoms with van der Waals surface area (Å²) in [6.07, 6.45) is 1.55. The zero-order chi connectivity index (χ0) is 30.2. The molecule has 1 amide bonds. The molecule has 0 saturated carbocycles. The molecule has 0 saturated heterocycles. The Morgan fingerprint density at radius 3 is 2.42 bits per heavy atom. The van der Waals surface area contributed by atoms with Crippen LogP contribution in [0.1, 0.15) is 15.9 Å². The van der Waals surface area contributed by atoms with Crippen molar-refractivity contribution in [3.63, 3.8) is 0 Å². The van der Waals surface area contributed by atoms with E-state index in [1.165, 1.54) is 23.9 Å². The molecule has 9 nitrogen and oxygen atoms in total. The van der Waals surface area contributed by atoms with E-state index in [9.17, 15) is 18.2 Å². The number of rotatable bonds is 7. The van der Waals surface area contributed by atoms with E-state index in [-0.39, 0.29) is 29.3 Å². The summed E-state index contributed by atoms with van der Waals surface area (Å²) < 4.78 is 35.4. The average Bonchev–Trinajstić information content (AvgIpc) is 3.40. The van der Waals surface area contributed by atoms with Gasteiger partial charge >= 0.3 is 0 Å². The lowest BCUT2D eigenvalue weighted by Crippen LogP contribution is -2.24. The van der Waals surface area contributed by atoms with Crippen molar-refractivity contribution in [2.45, 2.75) is 6.54 Å². The van der Waals surface area contributed by atoms with Gasteiger partial charge in [-0.15, -0.1) is 5.10 Å². The number of amides is 1. The predicted molar refractivity (Wildman–Crippen MR) is 166 cm³/mol. The molecule has 0 aliphatic heterocycles. The maximum absolute atomic E-state index is 13.7. The van der Waals surface area contributed by atoms with Crippen LogP contribution in [0.3, 0.4) is 0 Å². The lowest BCUT2D eigenvalue weighted by Gasteiger charge is -2.20. The number of fused-ring (bicyclic) bond motifs is 2. The Bertz CT molecular complexity index is 2090. The smallest absolute Gasteiger partial charge is 0.277 e. The van der Waals surface area contributed by atoms with Crippen LogP contribution >= 0.6 is 0 Å². The van der Waals surface area contributed by atoms with Crippen LogP contribution in [0.15, 0.2) is 94.1 Å². The van der Waals surface area contributed by atoms with Gasteiger partial charge in [0.25, 0.3) is 11.5 Å². The fourth-order valence-corrected chi connectivity index (χ4v) is 5.45. The zero-order valence-electron chi connectivity index (χ0n) is 23.5. The summed E-state index contributed by atoms with van der Waals surface area (Å²) >= 11 is 0. The summed E-state index contributed by atoms with van der Waals surface area (Å²) in [5.41, 5.74) is 4.03. The molecule has 0 radical (unpaired) electrons. The third-order valence-electron chi connectivity index (χ3n) is 7.30. The van der Waals surface area contributed by atoms with E-state index >= 15 is 0 Å². The van der Waals surface area contributed by atoms with Crippen LogP contribution in [0.5, 0.6) is 0 Å². The summed E-state index contributed by atoms with van der Waals surface area (Å²) in [6, 6.07) is 23.9. The fourth-order valence-electron chi connectivity index (χ4n) is 5.02. The predicted octanol–water partition coefficient (Wildman–Crippen LogP) is 5.15. The van der Waals surface area contributed by atoms with Gasteiger partial charge < -0.3 is 9.73 Å². The summed E-state index contributed by atoms with van der Waals surface area (Å²) in [6.45, 7) is 0.262. The number of aromatic nitrogens is 3. The Balaban J connectivity index is 1.58. The Morgan fingerprint density at radius 1 is 1.00 bits per heavy atom. The van der Waals surface area contributed by atoms with Crippen molar-refractivity contribution in [2.24, 2.45) is 0 Å². The van der Waals surface area contributed by atoms with Gasteiger partial charge in [0.2, 0.25) is 0 Å². The van der Waals surface area contributed by atoms with Gasteiger partial charge in [-0.2, -0.15) is 0 Å². The molecule has 4 aromatic carbocycles. The standard InChI is InChI=1S/C32H26FN5O4S/c1-34-31(39)29-25-16-23(27(37(2)43(3)41)17-28(25)42-30(29)20-9-12-22(33)13-10-20)21-11-14-26-24(15-21)32(40)38(36-35-26)18-19-7-5-4-6-8-19/h4-17H,18H2,1-3H3,(H,34,39). The van der Waals surface area contributed by atoms with Crippen LogP contribution in [0, 0.1) is 5.82 Å². The minimum atomic E-state index is -1.41. The van der Waals surface area contributed by atoms with Crippen molar-refractivity contribution in [3.8, 4) is 22.5 Å². The molecule has 0 aliphatic carbocycles. The maximum Gasteiger partial charge on any atom is 0.277 e. The van der Waals surface area contributed by atoms with Crippen LogP contribution in [0.2, 0.25) is 0 Å². The van der Waals surface area contributed by atoms with E-state index in [1.807, 2.05) is 30.3 Å². The van der Waals surface area contributed by atoms with E-state index in [0.29, 0.717) is 44.2 Å². The highest BCUT2D eigenvalue weighted by atomic mass is 32.2. The number of carbonyl (C=O) groups excluding carboxylic acids is 1. The Labute approximate surface area is 248 Å². The molecule has 0 bridgehead atoms. The molecule has 1 atom stereocenters. The molecular weight excluding hydrogens is 569 g/mol. The quantitative estimate of drug-likeness (QED) is 0.274. The van der Waals surface area contributed by atoms with Gasteiger partial charge in [-0.25, -0.2) is 13.3 Å². The molecule has 0 aliphatic rings. The van der Waals surface area contributed by atoms with Crippen LogP contribution in [0.4, 0.5) is 10.1 Å². The lowest BCUT2D eigenvalue weighted by atomic mass is 9.97. The Kier molecular flexibility index (Phi) is 7.32. The summed E-state index contributed by atoms with van der Waals surface area (Å²) in [5, 5.41) is 11.9. The number of benzene rings is 4. The molecule has 6 aromatic rings. The Morgan fingerprint density at radius 2 is 1.72 bits per heavy atom. The van der Waals surface area contributed by atoms with E-state index < -0.39 is 16.8 Å². The molecule has 0 spiro atoms. The molecular formula is C32H26FN5O4S. The van der Waals surface area contributed by atoms with Gasteiger partial charge in [0.1, 0.15) is 33.7 Å². The van der Waals surface area contributed by atoms with Crippen molar-refractivity contribution in [2.75, 3.05) is 24.7 Å². The summed E-state index contributed by atoms with van der Waals surface area (Å²) in [4.78, 5) is 26.7. The molecule has 1 N–H and O–H groups in total. The summed E-state index contributed by atoms with van der Waals surface area (Å²) in [5.74, 6) is -0.529. The molecule has 43 heavy (non-hydrogen) atoms. The number of nitrogens with one attached hydrogen (secondary N) is 1. The SMILES string of the molecule is CNC(=O)c1c(-c2ccc(F)cc2)oc2cc(N(C)S(C)=O)c(-c3ccc4nnn(Cc5ccccc5)c(=O)c4c3)cc12. The molecule has 0 fully saturated rings. The fraction of sp³-hybridized carbons (Fsp3) is 0.125. The van der Waals surface area contributed by atoms with E-state index in [1.54, 1.807) is 60.1 Å². The molecule has 2 aromatic heterocycles. The first kappa shape index (κ1) is 28.0. The molecule has 11 heteroatoms. The summed E-state index contributed by atoms with van der Waals surface area (Å²) in [7, 11) is 1.79. The number of hydrogen-bond acceptors (Lipinski definition) is 6. The average molecular weight is 596 g/mol. The topological polar surface area (TPSA) is 110 Å². The van der Waals surface area contributed by atoms with Gasteiger partial charge in [-0.05, 0) is 53.6 Å². The normalized spacial score (nSPS) is 12.0. The van der Waals surface area contributed by atoms with Crippen molar-refractivity contribution >= 4 is 44.5 Å². The monoisotopic (exact) mass is 595 g/mol. The van der Waals surface area contributed by atoms with Gasteiger partial charge in [-0.3, -0.25) is 13.9 Å². The first-order valence-corrected chi connectivity index (χ1v) is 14.8. The third-order valence-corrected chi connectivity index (χ3v) is 8.27. The highest BCUT2D eigenvalue weighted by Gasteiger charge is 2.25. The molecule has 6 rings (SSSR count). The molecule has 2 heterocycles. The second-order valence-corrected chi connectivity index (χ2v) is 11.3. The number of hydrogen-bond donors (Lipinski definition) is 1. The van der Waals surface area contributed by atoms with Crippen LogP contribution in [-0.2, 0) is 17.5 Å². The van der Waals surface area contributed by atoms with Crippen LogP contribution < -0.4 is 15.2 Å². The highest BCUT2D eigenvalue weighted by molar-refractivity contribution is 7.85. The van der Waals surface area contributed by atoms with Crippen molar-refractivity contribution in [1.29, 1.82) is 0 Å². The van der Waals surface area contributed by atoms with Gasteiger partial charge in [0.15, 0.2) is 0 Å². The highest BCUT2D eigenvalue weighted by Crippen LogP contribution is 2.41. The number of furan rings is 1. The van der Waals surface area contributed by atoms with Crippen molar-refractivity contribution in [3.05, 3.63) is 112 Å². The third kappa shape index (κ3) is 5.19. The first-order chi connectivity index (χ1) is 20.7. The second kappa shape index (κ2) is 11.3. The number of nitrogens with zero attached hydrogens (tertiary/aromatic N) is 4. The van der Waals surface area contributed by atoms with Crippen LogP contribution in [0.25, 0.3) is 44.3 Å². The van der Waals surface area contributed by atoms with E-state index in [2.05, 4.69) is 15.6 Å². The van der Waals surface area contributed by atoms with Crippen molar-refractivity contribution in [1.82, 2.24) is 20.3 Å². The van der Waals surface area contributed by atoms with Crippen LogP contribution in [-0.4, -0.2) is 45.5 Å². The molecule has 216 valence electrons. The van der Waals surface area contributed by atoms with E-state index in [4.69, 9.17) is 4.42 Å². The van der Waals surface area contributed by atoms with Gasteiger partial charge in [0.05, 0.1) is 23.2 Å². The van der Waals surface area contributed by atoms with Gasteiger partial charge in [0, 0.05) is 42.9 Å². The largest absolute Gasteiger partial charge is 0.455 e. The molecule has 1 unspecified atom stereocenters. The maximum atomic E-state index is 13.7. The van der Waals surface area contributed by atoms with Gasteiger partial charge in [-0.1, -0.05) is 41.6 Å². The zero-order valence-corrected chi connectivity index (χ0v) is 24.3.